The van der Waals surface area contributed by atoms with E-state index in [1.54, 1.807) is 0 Å². The molecule has 0 heterocycles. The molecule has 0 aromatic rings. The van der Waals surface area contributed by atoms with Crippen LogP contribution in [0.3, 0.4) is 0 Å². The minimum absolute atomic E-state index is 0. The average Bonchev–Trinajstić information content (AvgIpc) is 2.67. The molecule has 0 spiro atoms. The first-order valence-corrected chi connectivity index (χ1v) is 3.33. The summed E-state index contributed by atoms with van der Waals surface area (Å²) in [6.07, 6.45) is 20.0. The molecule has 0 nitrogen and oxygen atoms in total. The molecule has 2 rings (SSSR count). The van der Waals surface area contributed by atoms with Crippen molar-refractivity contribution >= 4 is 0 Å². The summed E-state index contributed by atoms with van der Waals surface area (Å²) in [6, 6.07) is 0. The summed E-state index contributed by atoms with van der Waals surface area (Å²) >= 11 is 0. The molecular weight excluding hydrogens is 323 g/mol. The number of hydrogen-bond donors (Lipinski definition) is 0. The molecule has 0 bridgehead atoms. The summed E-state index contributed by atoms with van der Waals surface area (Å²) in [5.74, 6) is 0. The first-order valence-electron chi connectivity index (χ1n) is 3.33. The van der Waals surface area contributed by atoms with Gasteiger partial charge in [-0.3, -0.25) is 0 Å². The van der Waals surface area contributed by atoms with Gasteiger partial charge in [0.2, 0.25) is 0 Å². The van der Waals surface area contributed by atoms with Crippen LogP contribution in [0.2, 0.25) is 0 Å². The van der Waals surface area contributed by atoms with E-state index in [1.165, 1.54) is 0 Å². The molecule has 2 radical (unpaired) electrons. The maximum absolute atomic E-state index is 2.00. The fourth-order valence-corrected chi connectivity index (χ4v) is 0.642. The van der Waals surface area contributed by atoms with Crippen molar-refractivity contribution in [3.8, 4) is 0 Å². The molecule has 0 N–H and O–H groups in total. The Hall–Kier alpha value is -0.170. The summed E-state index contributed by atoms with van der Waals surface area (Å²) in [7, 11) is 0. The van der Waals surface area contributed by atoms with E-state index >= 15 is 0 Å². The van der Waals surface area contributed by atoms with Crippen molar-refractivity contribution < 1.29 is 25.8 Å². The van der Waals surface area contributed by atoms with Crippen molar-refractivity contribution in [2.75, 3.05) is 0 Å². The Kier molecular flexibility index (Phi) is 20.5. The molecule has 0 saturated heterocycles. The first-order chi connectivity index (χ1) is 5.00. The van der Waals surface area contributed by atoms with Gasteiger partial charge in [0.25, 0.3) is 0 Å². The molecule has 0 amide bonds. The second kappa shape index (κ2) is 14.4. The molecule has 2 aliphatic carbocycles. The molecule has 0 unspecified atom stereocenters. The van der Waals surface area contributed by atoms with E-state index in [2.05, 4.69) is 0 Å². The SMILES string of the molecule is C.C.[CH]1C=CC=C1.[CH]1C=CC=C1.[Hf]. The van der Waals surface area contributed by atoms with Gasteiger partial charge in [-0.05, 0) is 0 Å². The van der Waals surface area contributed by atoms with E-state index in [1.807, 2.05) is 61.4 Å². The van der Waals surface area contributed by atoms with Crippen LogP contribution in [0, 0.1) is 12.8 Å². The van der Waals surface area contributed by atoms with Crippen LogP contribution in [0.25, 0.3) is 0 Å². The van der Waals surface area contributed by atoms with Crippen molar-refractivity contribution in [1.82, 2.24) is 0 Å². The van der Waals surface area contributed by atoms with Gasteiger partial charge in [-0.25, -0.2) is 0 Å². The van der Waals surface area contributed by atoms with Crippen LogP contribution in [0.4, 0.5) is 0 Å². The molecule has 0 aromatic heterocycles. The van der Waals surface area contributed by atoms with Crippen LogP contribution in [0.5, 0.6) is 0 Å². The van der Waals surface area contributed by atoms with Gasteiger partial charge in [0.1, 0.15) is 0 Å². The van der Waals surface area contributed by atoms with Crippen molar-refractivity contribution in [2.45, 2.75) is 14.9 Å². The smallest absolute Gasteiger partial charge is 0.00506 e. The third-order valence-corrected chi connectivity index (χ3v) is 1.11. The molecule has 1 heteroatoms. The van der Waals surface area contributed by atoms with Gasteiger partial charge in [0, 0.05) is 38.7 Å². The fourth-order valence-electron chi connectivity index (χ4n) is 0.642. The molecule has 0 aromatic carbocycles. The predicted octanol–water partition coefficient (Wildman–Crippen LogP) is 3.90. The van der Waals surface area contributed by atoms with E-state index in [4.69, 9.17) is 0 Å². The van der Waals surface area contributed by atoms with Crippen LogP contribution in [0.1, 0.15) is 14.9 Å². The fraction of sp³-hybridized carbons (Fsp3) is 0.167. The topological polar surface area (TPSA) is 0 Å². The maximum atomic E-state index is 2.00. The Morgan fingerprint density at radius 2 is 0.615 bits per heavy atom. The van der Waals surface area contributed by atoms with Crippen molar-refractivity contribution in [3.63, 3.8) is 0 Å². The Bertz CT molecular complexity index is 143. The number of hydrogen-bond acceptors (Lipinski definition) is 0. The molecule has 2 aliphatic rings. The van der Waals surface area contributed by atoms with E-state index in [-0.39, 0.29) is 40.7 Å². The van der Waals surface area contributed by atoms with Crippen LogP contribution in [-0.4, -0.2) is 0 Å². The van der Waals surface area contributed by atoms with E-state index in [9.17, 15) is 0 Å². The molecule has 70 valence electrons. The quantitative estimate of drug-likeness (QED) is 0.587. The zero-order valence-corrected chi connectivity index (χ0v) is 9.87. The second-order valence-electron chi connectivity index (χ2n) is 1.92. The van der Waals surface area contributed by atoms with Crippen molar-refractivity contribution in [3.05, 3.63) is 61.4 Å². The third-order valence-electron chi connectivity index (χ3n) is 1.11. The van der Waals surface area contributed by atoms with Gasteiger partial charge in [-0.1, -0.05) is 63.5 Å². The molecular formula is C12H18Hf. The predicted molar refractivity (Wildman–Crippen MR) is 58.6 cm³/mol. The van der Waals surface area contributed by atoms with Gasteiger partial charge in [-0.2, -0.15) is 0 Å². The van der Waals surface area contributed by atoms with Crippen molar-refractivity contribution in [1.29, 1.82) is 0 Å². The van der Waals surface area contributed by atoms with E-state index in [0.717, 1.165) is 0 Å². The molecule has 0 atom stereocenters. The summed E-state index contributed by atoms with van der Waals surface area (Å²) in [5, 5.41) is 0. The minimum atomic E-state index is 0. The Labute approximate surface area is 102 Å². The summed E-state index contributed by atoms with van der Waals surface area (Å²) in [5.41, 5.74) is 0. The first kappa shape index (κ1) is 18.6. The third kappa shape index (κ3) is 11.8. The van der Waals surface area contributed by atoms with Crippen LogP contribution in [-0.2, 0) is 25.8 Å². The average molecular weight is 341 g/mol. The van der Waals surface area contributed by atoms with E-state index in [0.29, 0.717) is 0 Å². The maximum Gasteiger partial charge on any atom is 0.00506 e. The second-order valence-corrected chi connectivity index (χ2v) is 1.92. The summed E-state index contributed by atoms with van der Waals surface area (Å²) < 4.78 is 0. The molecule has 0 aliphatic heterocycles. The van der Waals surface area contributed by atoms with Gasteiger partial charge >= 0.3 is 0 Å². The Morgan fingerprint density at radius 3 is 0.692 bits per heavy atom. The summed E-state index contributed by atoms with van der Waals surface area (Å²) in [4.78, 5) is 0. The van der Waals surface area contributed by atoms with Crippen LogP contribution < -0.4 is 0 Å². The van der Waals surface area contributed by atoms with Crippen LogP contribution >= 0.6 is 0 Å². The summed E-state index contributed by atoms with van der Waals surface area (Å²) in [6.45, 7) is 0. The normalized spacial score (nSPS) is 13.5. The molecule has 13 heavy (non-hydrogen) atoms. The number of rotatable bonds is 0. The minimum Gasteiger partial charge on any atom is -0.0776 e. The Morgan fingerprint density at radius 1 is 0.385 bits per heavy atom. The van der Waals surface area contributed by atoms with E-state index < -0.39 is 0 Å². The monoisotopic (exact) mass is 342 g/mol. The van der Waals surface area contributed by atoms with Gasteiger partial charge in [-0.15, -0.1) is 0 Å². The van der Waals surface area contributed by atoms with Gasteiger partial charge < -0.3 is 0 Å². The van der Waals surface area contributed by atoms with Crippen LogP contribution in [0.15, 0.2) is 48.6 Å². The standard InChI is InChI=1S/2C5H5.2CH4.Hf/c2*1-2-4-5-3-1;;;/h2*1-5H;2*1H4;. The molecule has 0 fully saturated rings. The zero-order valence-electron chi connectivity index (χ0n) is 6.27. The largest absolute Gasteiger partial charge is 0.0776 e. The van der Waals surface area contributed by atoms with Crippen molar-refractivity contribution in [2.24, 2.45) is 0 Å². The zero-order chi connectivity index (χ0) is 7.07. The number of allylic oxidation sites excluding steroid dienone is 8. The van der Waals surface area contributed by atoms with Gasteiger partial charge in [0.05, 0.1) is 0 Å². The molecule has 0 saturated carbocycles. The Balaban J connectivity index is -0.000000125. The van der Waals surface area contributed by atoms with Gasteiger partial charge in [0.15, 0.2) is 0 Å².